The van der Waals surface area contributed by atoms with E-state index in [0.717, 1.165) is 6.54 Å². The van der Waals surface area contributed by atoms with Crippen LogP contribution >= 0.6 is 0 Å². The molecule has 0 amide bonds. The molecule has 12 heavy (non-hydrogen) atoms. The third kappa shape index (κ3) is 4.13. The summed E-state index contributed by atoms with van der Waals surface area (Å²) >= 11 is 0. The molecule has 0 aliphatic rings. The number of rotatable bonds is 6. The summed E-state index contributed by atoms with van der Waals surface area (Å²) in [7, 11) is 0. The van der Waals surface area contributed by atoms with Gasteiger partial charge in [0, 0.05) is 0 Å². The molecule has 0 aromatic heterocycles. The molecule has 0 fully saturated rings. The van der Waals surface area contributed by atoms with Crippen molar-refractivity contribution in [2.45, 2.75) is 26.3 Å². The Hall–Kier alpha value is -0.830. The predicted molar refractivity (Wildman–Crippen MR) is 48.9 cm³/mol. The van der Waals surface area contributed by atoms with Gasteiger partial charge in [-0.3, -0.25) is 4.79 Å². The highest BCUT2D eigenvalue weighted by atomic mass is 16.5. The van der Waals surface area contributed by atoms with Gasteiger partial charge in [-0.2, -0.15) is 0 Å². The summed E-state index contributed by atoms with van der Waals surface area (Å²) in [6, 6.07) is -0.229. The van der Waals surface area contributed by atoms with Gasteiger partial charge in [-0.25, -0.2) is 0 Å². The molecule has 0 radical (unpaired) electrons. The van der Waals surface area contributed by atoms with E-state index in [-0.39, 0.29) is 12.0 Å². The van der Waals surface area contributed by atoms with E-state index >= 15 is 0 Å². The van der Waals surface area contributed by atoms with Gasteiger partial charge in [-0.1, -0.05) is 13.0 Å². The summed E-state index contributed by atoms with van der Waals surface area (Å²) in [5.74, 6) is -0.195. The summed E-state index contributed by atoms with van der Waals surface area (Å²) < 4.78 is 4.86. The van der Waals surface area contributed by atoms with E-state index in [2.05, 4.69) is 11.9 Å². The van der Waals surface area contributed by atoms with Crippen molar-refractivity contribution in [2.24, 2.45) is 0 Å². The number of carbonyl (C=O) groups excluding carboxylic acids is 1. The van der Waals surface area contributed by atoms with Crippen LogP contribution < -0.4 is 5.32 Å². The molecular formula is C9H17NO2. The van der Waals surface area contributed by atoms with Crippen LogP contribution in [0.1, 0.15) is 20.3 Å². The molecule has 1 atom stereocenters. The van der Waals surface area contributed by atoms with Gasteiger partial charge in [0.1, 0.15) is 6.04 Å². The molecule has 0 spiro atoms. The Morgan fingerprint density at radius 3 is 2.75 bits per heavy atom. The minimum absolute atomic E-state index is 0.195. The predicted octanol–water partition coefficient (Wildman–Crippen LogP) is 1.10. The fraction of sp³-hybridized carbons (Fsp3) is 0.667. The fourth-order valence-corrected chi connectivity index (χ4v) is 0.919. The Balaban J connectivity index is 3.89. The van der Waals surface area contributed by atoms with E-state index < -0.39 is 0 Å². The van der Waals surface area contributed by atoms with Gasteiger partial charge in [-0.15, -0.1) is 6.58 Å². The highest BCUT2D eigenvalue weighted by Gasteiger charge is 2.15. The van der Waals surface area contributed by atoms with Crippen molar-refractivity contribution >= 4 is 5.97 Å². The first-order chi connectivity index (χ1) is 5.76. The van der Waals surface area contributed by atoms with Crippen molar-refractivity contribution in [3.8, 4) is 0 Å². The second-order valence-electron chi connectivity index (χ2n) is 2.39. The largest absolute Gasteiger partial charge is 0.465 e. The Morgan fingerprint density at radius 2 is 2.33 bits per heavy atom. The monoisotopic (exact) mass is 171 g/mol. The second-order valence-corrected chi connectivity index (χ2v) is 2.39. The lowest BCUT2D eigenvalue weighted by atomic mass is 10.2. The molecule has 3 nitrogen and oxygen atoms in total. The molecule has 3 heteroatoms. The van der Waals surface area contributed by atoms with Crippen molar-refractivity contribution in [3.63, 3.8) is 0 Å². The summed E-state index contributed by atoms with van der Waals surface area (Å²) in [5.41, 5.74) is 0. The number of hydrogen-bond donors (Lipinski definition) is 1. The third-order valence-corrected chi connectivity index (χ3v) is 1.42. The lowest BCUT2D eigenvalue weighted by Gasteiger charge is -2.13. The van der Waals surface area contributed by atoms with Crippen molar-refractivity contribution in [1.29, 1.82) is 0 Å². The average molecular weight is 171 g/mol. The normalized spacial score (nSPS) is 12.2. The quantitative estimate of drug-likeness (QED) is 0.480. The van der Waals surface area contributed by atoms with Crippen LogP contribution in [-0.2, 0) is 9.53 Å². The van der Waals surface area contributed by atoms with Gasteiger partial charge >= 0.3 is 5.97 Å². The van der Waals surface area contributed by atoms with Gasteiger partial charge in [0.25, 0.3) is 0 Å². The zero-order valence-electron chi connectivity index (χ0n) is 7.80. The molecule has 0 heterocycles. The molecule has 1 unspecified atom stereocenters. The van der Waals surface area contributed by atoms with E-state index in [1.807, 2.05) is 6.92 Å². The van der Waals surface area contributed by atoms with E-state index in [4.69, 9.17) is 4.74 Å². The highest BCUT2D eigenvalue weighted by molar-refractivity contribution is 5.75. The Morgan fingerprint density at radius 1 is 1.67 bits per heavy atom. The van der Waals surface area contributed by atoms with Gasteiger partial charge in [0.2, 0.25) is 0 Å². The zero-order chi connectivity index (χ0) is 9.40. The lowest BCUT2D eigenvalue weighted by molar-refractivity contribution is -0.145. The van der Waals surface area contributed by atoms with Crippen LogP contribution in [0.25, 0.3) is 0 Å². The minimum atomic E-state index is -0.229. The fourth-order valence-electron chi connectivity index (χ4n) is 0.919. The standard InChI is InChI=1S/C9H17NO2/c1-4-7-8(10-5-2)9(11)12-6-3/h4,8,10H,1,5-7H2,2-3H3. The summed E-state index contributed by atoms with van der Waals surface area (Å²) in [5, 5.41) is 3.02. The first kappa shape index (κ1) is 11.2. The number of likely N-dealkylation sites (N-methyl/N-ethyl adjacent to an activating group) is 1. The highest BCUT2D eigenvalue weighted by Crippen LogP contribution is 1.95. The van der Waals surface area contributed by atoms with E-state index in [1.165, 1.54) is 0 Å². The number of carbonyl (C=O) groups is 1. The van der Waals surface area contributed by atoms with E-state index in [0.29, 0.717) is 13.0 Å². The van der Waals surface area contributed by atoms with Crippen LogP contribution in [0.2, 0.25) is 0 Å². The third-order valence-electron chi connectivity index (χ3n) is 1.42. The van der Waals surface area contributed by atoms with E-state index in [9.17, 15) is 4.79 Å². The molecule has 0 aliphatic heterocycles. The summed E-state index contributed by atoms with van der Waals surface area (Å²) in [6.07, 6.45) is 2.33. The molecule has 0 aromatic carbocycles. The van der Waals surface area contributed by atoms with Gasteiger partial charge in [0.15, 0.2) is 0 Å². The molecule has 0 saturated carbocycles. The van der Waals surface area contributed by atoms with Crippen molar-refractivity contribution in [2.75, 3.05) is 13.2 Å². The Kier molecular flexibility index (Phi) is 6.38. The van der Waals surface area contributed by atoms with Crippen molar-refractivity contribution < 1.29 is 9.53 Å². The summed E-state index contributed by atoms with van der Waals surface area (Å²) in [4.78, 5) is 11.2. The number of hydrogen-bond acceptors (Lipinski definition) is 3. The van der Waals surface area contributed by atoms with Gasteiger partial charge in [0.05, 0.1) is 6.61 Å². The lowest BCUT2D eigenvalue weighted by Crippen LogP contribution is -2.37. The Bertz CT molecular complexity index is 145. The number of ether oxygens (including phenoxy) is 1. The molecule has 0 bridgehead atoms. The topological polar surface area (TPSA) is 38.3 Å². The molecule has 0 saturated heterocycles. The van der Waals surface area contributed by atoms with Crippen LogP contribution in [0.4, 0.5) is 0 Å². The average Bonchev–Trinajstić information content (AvgIpc) is 2.04. The molecule has 0 aromatic rings. The maximum absolute atomic E-state index is 11.2. The summed E-state index contributed by atoms with van der Waals surface area (Å²) in [6.45, 7) is 8.52. The second kappa shape index (κ2) is 6.85. The molecule has 1 N–H and O–H groups in total. The molecular weight excluding hydrogens is 154 g/mol. The first-order valence-electron chi connectivity index (χ1n) is 4.27. The smallest absolute Gasteiger partial charge is 0.323 e. The van der Waals surface area contributed by atoms with Gasteiger partial charge < -0.3 is 10.1 Å². The van der Waals surface area contributed by atoms with Gasteiger partial charge in [-0.05, 0) is 19.9 Å². The Labute approximate surface area is 73.8 Å². The molecule has 0 rings (SSSR count). The number of esters is 1. The number of nitrogens with one attached hydrogen (secondary N) is 1. The molecule has 0 aliphatic carbocycles. The minimum Gasteiger partial charge on any atom is -0.465 e. The van der Waals surface area contributed by atoms with Crippen LogP contribution in [0.15, 0.2) is 12.7 Å². The van der Waals surface area contributed by atoms with Crippen LogP contribution in [0.3, 0.4) is 0 Å². The van der Waals surface area contributed by atoms with Crippen LogP contribution in [0, 0.1) is 0 Å². The van der Waals surface area contributed by atoms with Crippen molar-refractivity contribution in [1.82, 2.24) is 5.32 Å². The molecule has 70 valence electrons. The van der Waals surface area contributed by atoms with Crippen LogP contribution in [-0.4, -0.2) is 25.2 Å². The maximum atomic E-state index is 11.2. The zero-order valence-corrected chi connectivity index (χ0v) is 7.80. The maximum Gasteiger partial charge on any atom is 0.323 e. The van der Waals surface area contributed by atoms with Crippen molar-refractivity contribution in [3.05, 3.63) is 12.7 Å². The van der Waals surface area contributed by atoms with Crippen LogP contribution in [0.5, 0.6) is 0 Å². The first-order valence-corrected chi connectivity index (χ1v) is 4.27. The SMILES string of the molecule is C=CCC(NCC)C(=O)OCC. The van der Waals surface area contributed by atoms with E-state index in [1.54, 1.807) is 13.0 Å².